The molecule has 0 atom stereocenters. The third kappa shape index (κ3) is 4.88. The fourth-order valence-corrected chi connectivity index (χ4v) is 3.42. The Morgan fingerprint density at radius 1 is 1.15 bits per heavy atom. The van der Waals surface area contributed by atoms with Gasteiger partial charge in [-0.3, -0.25) is 4.79 Å². The number of carbonyl (C=O) groups excluding carboxylic acids is 1. The standard InChI is InChI=1S/C21H25N3OS/c1-21(2,3)16-7-9-18(10-8-16)26-15-20(25)22-12-11-17-14-24-13-5-4-6-19(24)23-17/h4-10,13-14H,11-12,15H2,1-3H3,(H,22,25). The van der Waals surface area contributed by atoms with Crippen molar-refractivity contribution < 1.29 is 4.79 Å². The summed E-state index contributed by atoms with van der Waals surface area (Å²) in [6.07, 6.45) is 4.72. The molecular formula is C21H25N3OS. The van der Waals surface area contributed by atoms with Gasteiger partial charge in [0.1, 0.15) is 5.65 Å². The van der Waals surface area contributed by atoms with Crippen molar-refractivity contribution in [2.75, 3.05) is 12.3 Å². The molecule has 3 rings (SSSR count). The van der Waals surface area contributed by atoms with Crippen molar-refractivity contribution in [1.82, 2.24) is 14.7 Å². The summed E-state index contributed by atoms with van der Waals surface area (Å²) in [5.41, 5.74) is 3.38. The summed E-state index contributed by atoms with van der Waals surface area (Å²) in [6.45, 7) is 7.20. The first kappa shape index (κ1) is 18.5. The molecule has 0 saturated heterocycles. The molecule has 2 aromatic heterocycles. The van der Waals surface area contributed by atoms with E-state index in [0.717, 1.165) is 22.7 Å². The third-order valence-electron chi connectivity index (χ3n) is 4.21. The maximum absolute atomic E-state index is 12.0. The molecule has 1 N–H and O–H groups in total. The van der Waals surface area contributed by atoms with Gasteiger partial charge in [0.2, 0.25) is 5.91 Å². The summed E-state index contributed by atoms with van der Waals surface area (Å²) in [4.78, 5) is 17.7. The number of rotatable bonds is 6. The Labute approximate surface area is 159 Å². The van der Waals surface area contributed by atoms with Crippen LogP contribution >= 0.6 is 11.8 Å². The van der Waals surface area contributed by atoms with Crippen LogP contribution in [0.3, 0.4) is 0 Å². The lowest BCUT2D eigenvalue weighted by Crippen LogP contribution is -2.27. The van der Waals surface area contributed by atoms with Crippen molar-refractivity contribution in [2.45, 2.75) is 37.5 Å². The van der Waals surface area contributed by atoms with Crippen LogP contribution in [0.4, 0.5) is 0 Å². The molecule has 136 valence electrons. The van der Waals surface area contributed by atoms with Crippen LogP contribution in [-0.4, -0.2) is 27.6 Å². The fourth-order valence-electron chi connectivity index (χ4n) is 2.69. The van der Waals surface area contributed by atoms with Gasteiger partial charge in [0.15, 0.2) is 0 Å². The highest BCUT2D eigenvalue weighted by molar-refractivity contribution is 8.00. The van der Waals surface area contributed by atoms with Crippen molar-refractivity contribution in [3.8, 4) is 0 Å². The maximum Gasteiger partial charge on any atom is 0.230 e. The predicted molar refractivity (Wildman–Crippen MR) is 108 cm³/mol. The normalized spacial score (nSPS) is 11.7. The zero-order valence-corrected chi connectivity index (χ0v) is 16.3. The van der Waals surface area contributed by atoms with E-state index < -0.39 is 0 Å². The SMILES string of the molecule is CC(C)(C)c1ccc(SCC(=O)NCCc2cn3ccccc3n2)cc1. The van der Waals surface area contributed by atoms with Crippen LogP contribution in [0.25, 0.3) is 5.65 Å². The van der Waals surface area contributed by atoms with E-state index in [4.69, 9.17) is 0 Å². The van der Waals surface area contributed by atoms with Crippen LogP contribution in [-0.2, 0) is 16.6 Å². The van der Waals surface area contributed by atoms with E-state index in [-0.39, 0.29) is 11.3 Å². The van der Waals surface area contributed by atoms with Gasteiger partial charge in [-0.05, 0) is 35.2 Å². The molecule has 0 bridgehead atoms. The molecule has 0 radical (unpaired) electrons. The molecule has 0 saturated carbocycles. The molecule has 3 aromatic rings. The Morgan fingerprint density at radius 2 is 1.92 bits per heavy atom. The first-order chi connectivity index (χ1) is 12.4. The largest absolute Gasteiger partial charge is 0.355 e. The molecular weight excluding hydrogens is 342 g/mol. The van der Waals surface area contributed by atoms with Crippen molar-refractivity contribution in [1.29, 1.82) is 0 Å². The van der Waals surface area contributed by atoms with E-state index in [9.17, 15) is 4.79 Å². The number of nitrogens with zero attached hydrogens (tertiary/aromatic N) is 2. The monoisotopic (exact) mass is 367 g/mol. The molecule has 1 amide bonds. The van der Waals surface area contributed by atoms with E-state index in [1.165, 1.54) is 5.56 Å². The molecule has 0 spiro atoms. The summed E-state index contributed by atoms with van der Waals surface area (Å²) < 4.78 is 1.99. The zero-order chi connectivity index (χ0) is 18.6. The van der Waals surface area contributed by atoms with Crippen molar-refractivity contribution >= 4 is 23.3 Å². The third-order valence-corrected chi connectivity index (χ3v) is 5.22. The average molecular weight is 368 g/mol. The Bertz CT molecular complexity index is 845. The Hall–Kier alpha value is -2.27. The summed E-state index contributed by atoms with van der Waals surface area (Å²) >= 11 is 1.57. The number of nitrogens with one attached hydrogen (secondary N) is 1. The van der Waals surface area contributed by atoms with Crippen LogP contribution in [0.15, 0.2) is 59.8 Å². The summed E-state index contributed by atoms with van der Waals surface area (Å²) in [7, 11) is 0. The number of fused-ring (bicyclic) bond motifs is 1. The minimum absolute atomic E-state index is 0.0543. The highest BCUT2D eigenvalue weighted by Crippen LogP contribution is 2.25. The van der Waals surface area contributed by atoms with E-state index in [1.807, 2.05) is 35.0 Å². The second-order valence-corrected chi connectivity index (χ2v) is 8.41. The lowest BCUT2D eigenvalue weighted by molar-refractivity contribution is -0.118. The van der Waals surface area contributed by atoms with Gasteiger partial charge in [0.05, 0.1) is 11.4 Å². The first-order valence-corrected chi connectivity index (χ1v) is 9.83. The Kier molecular flexibility index (Phi) is 5.67. The van der Waals surface area contributed by atoms with Crippen LogP contribution in [0, 0.1) is 0 Å². The molecule has 26 heavy (non-hydrogen) atoms. The van der Waals surface area contributed by atoms with E-state index >= 15 is 0 Å². The molecule has 1 aromatic carbocycles. The Balaban J connectivity index is 1.42. The number of amides is 1. The number of aromatic nitrogens is 2. The van der Waals surface area contributed by atoms with Gasteiger partial charge in [0.25, 0.3) is 0 Å². The molecule has 0 fully saturated rings. The smallest absolute Gasteiger partial charge is 0.230 e. The molecule has 4 nitrogen and oxygen atoms in total. The highest BCUT2D eigenvalue weighted by Gasteiger charge is 2.13. The molecule has 0 aliphatic heterocycles. The van der Waals surface area contributed by atoms with Gasteiger partial charge in [-0.2, -0.15) is 0 Å². The summed E-state index contributed by atoms with van der Waals surface area (Å²) in [6, 6.07) is 14.4. The molecule has 0 unspecified atom stereocenters. The first-order valence-electron chi connectivity index (χ1n) is 8.84. The van der Waals surface area contributed by atoms with Gasteiger partial charge in [0, 0.05) is 30.3 Å². The van der Waals surface area contributed by atoms with E-state index in [2.05, 4.69) is 55.3 Å². The topological polar surface area (TPSA) is 46.4 Å². The number of carbonyl (C=O) groups is 1. The lowest BCUT2D eigenvalue weighted by atomic mass is 9.87. The minimum Gasteiger partial charge on any atom is -0.355 e. The maximum atomic E-state index is 12.0. The van der Waals surface area contributed by atoms with E-state index in [1.54, 1.807) is 11.8 Å². The van der Waals surface area contributed by atoms with Gasteiger partial charge < -0.3 is 9.72 Å². The predicted octanol–water partition coefficient (Wildman–Crippen LogP) is 4.08. The van der Waals surface area contributed by atoms with Crippen LogP contribution in [0.5, 0.6) is 0 Å². The van der Waals surface area contributed by atoms with Crippen LogP contribution < -0.4 is 5.32 Å². The second-order valence-electron chi connectivity index (χ2n) is 7.36. The number of thioether (sulfide) groups is 1. The number of hydrogen-bond donors (Lipinski definition) is 1. The zero-order valence-electron chi connectivity index (χ0n) is 15.5. The Morgan fingerprint density at radius 3 is 2.62 bits per heavy atom. The quantitative estimate of drug-likeness (QED) is 0.668. The van der Waals surface area contributed by atoms with Crippen molar-refractivity contribution in [3.05, 3.63) is 66.1 Å². The minimum atomic E-state index is 0.0543. The molecule has 0 aliphatic rings. The van der Waals surface area contributed by atoms with Gasteiger partial charge in [-0.1, -0.05) is 39.0 Å². The summed E-state index contributed by atoms with van der Waals surface area (Å²) in [5.74, 6) is 0.485. The van der Waals surface area contributed by atoms with Crippen LogP contribution in [0.1, 0.15) is 32.0 Å². The van der Waals surface area contributed by atoms with Crippen molar-refractivity contribution in [2.24, 2.45) is 0 Å². The van der Waals surface area contributed by atoms with Crippen LogP contribution in [0.2, 0.25) is 0 Å². The van der Waals surface area contributed by atoms with Crippen molar-refractivity contribution in [3.63, 3.8) is 0 Å². The molecule has 0 aliphatic carbocycles. The van der Waals surface area contributed by atoms with Gasteiger partial charge in [-0.25, -0.2) is 4.98 Å². The number of imidazole rings is 1. The lowest BCUT2D eigenvalue weighted by Gasteiger charge is -2.19. The average Bonchev–Trinajstić information content (AvgIpc) is 3.02. The van der Waals surface area contributed by atoms with Gasteiger partial charge >= 0.3 is 0 Å². The number of pyridine rings is 1. The number of benzene rings is 1. The molecule has 5 heteroatoms. The molecule has 2 heterocycles. The fraction of sp³-hybridized carbons (Fsp3) is 0.333. The second kappa shape index (κ2) is 7.96. The summed E-state index contributed by atoms with van der Waals surface area (Å²) in [5, 5.41) is 2.97. The number of hydrogen-bond acceptors (Lipinski definition) is 3. The van der Waals surface area contributed by atoms with Gasteiger partial charge in [-0.15, -0.1) is 11.8 Å². The van der Waals surface area contributed by atoms with E-state index in [0.29, 0.717) is 12.3 Å². The highest BCUT2D eigenvalue weighted by atomic mass is 32.2.